The van der Waals surface area contributed by atoms with Crippen LogP contribution in [0.15, 0.2) is 47.4 Å². The number of rotatable bonds is 4. The first-order chi connectivity index (χ1) is 13.5. The Morgan fingerprint density at radius 3 is 2.43 bits per heavy atom. The average Bonchev–Trinajstić information content (AvgIpc) is 2.95. The number of carbonyl (C=O) groups is 2. The van der Waals surface area contributed by atoms with Gasteiger partial charge in [0.2, 0.25) is 5.91 Å². The molecule has 0 bridgehead atoms. The molecule has 1 saturated heterocycles. The number of hydrogen-bond donors (Lipinski definition) is 0. The summed E-state index contributed by atoms with van der Waals surface area (Å²) in [5.41, 5.74) is 2.40. The zero-order valence-electron chi connectivity index (χ0n) is 16.6. The summed E-state index contributed by atoms with van der Waals surface area (Å²) in [5, 5.41) is 0. The van der Waals surface area contributed by atoms with E-state index >= 15 is 0 Å². The molecule has 0 saturated carbocycles. The summed E-state index contributed by atoms with van der Waals surface area (Å²) in [7, 11) is 0. The molecular weight excluding hydrogens is 354 g/mol. The molecule has 6 heteroatoms. The predicted molar refractivity (Wildman–Crippen MR) is 108 cm³/mol. The number of carbonyl (C=O) groups excluding carboxylic acids is 2. The lowest BCUT2D eigenvalue weighted by molar-refractivity contribution is -0.130. The molecule has 2 heterocycles. The zero-order chi connectivity index (χ0) is 20.1. The van der Waals surface area contributed by atoms with Crippen molar-refractivity contribution in [1.82, 2.24) is 14.4 Å². The van der Waals surface area contributed by atoms with E-state index in [9.17, 15) is 14.4 Å². The average molecular weight is 381 g/mol. The highest BCUT2D eigenvalue weighted by Crippen LogP contribution is 2.12. The van der Waals surface area contributed by atoms with E-state index in [1.54, 1.807) is 21.7 Å². The van der Waals surface area contributed by atoms with E-state index in [1.165, 1.54) is 6.07 Å². The van der Waals surface area contributed by atoms with Gasteiger partial charge < -0.3 is 14.4 Å². The topological polar surface area (TPSA) is 62.6 Å². The van der Waals surface area contributed by atoms with E-state index in [2.05, 4.69) is 0 Å². The molecule has 2 aromatic rings. The van der Waals surface area contributed by atoms with E-state index < -0.39 is 0 Å². The lowest BCUT2D eigenvalue weighted by Gasteiger charge is -2.22. The van der Waals surface area contributed by atoms with Crippen molar-refractivity contribution in [3.8, 4) is 0 Å². The van der Waals surface area contributed by atoms with Crippen molar-refractivity contribution in [2.24, 2.45) is 0 Å². The minimum Gasteiger partial charge on any atom is -0.341 e. The number of nitrogens with zero attached hydrogens (tertiary/aromatic N) is 3. The lowest BCUT2D eigenvalue weighted by Crippen LogP contribution is -2.38. The Hall–Kier alpha value is -2.89. The number of aryl methyl sites for hydroxylation is 2. The van der Waals surface area contributed by atoms with Gasteiger partial charge in [-0.15, -0.1) is 0 Å². The van der Waals surface area contributed by atoms with Crippen molar-refractivity contribution < 1.29 is 9.59 Å². The van der Waals surface area contributed by atoms with Crippen molar-refractivity contribution >= 4 is 11.8 Å². The summed E-state index contributed by atoms with van der Waals surface area (Å²) < 4.78 is 1.56. The largest absolute Gasteiger partial charge is 0.341 e. The van der Waals surface area contributed by atoms with Crippen LogP contribution in [0.2, 0.25) is 0 Å². The van der Waals surface area contributed by atoms with Crippen LogP contribution in [0, 0.1) is 6.92 Å². The zero-order valence-corrected chi connectivity index (χ0v) is 16.6. The van der Waals surface area contributed by atoms with Gasteiger partial charge in [0, 0.05) is 50.6 Å². The number of benzene rings is 1. The van der Waals surface area contributed by atoms with Gasteiger partial charge in [-0.1, -0.05) is 24.3 Å². The van der Waals surface area contributed by atoms with Gasteiger partial charge >= 0.3 is 0 Å². The van der Waals surface area contributed by atoms with Crippen LogP contribution in [-0.2, 0) is 17.8 Å². The van der Waals surface area contributed by atoms with Crippen LogP contribution in [0.25, 0.3) is 0 Å². The fourth-order valence-electron chi connectivity index (χ4n) is 3.54. The first-order valence-corrected chi connectivity index (χ1v) is 9.81. The number of hydrogen-bond acceptors (Lipinski definition) is 3. The maximum Gasteiger partial charge on any atom is 0.254 e. The molecule has 0 unspecified atom stereocenters. The normalized spacial score (nSPS) is 14.6. The molecule has 0 radical (unpaired) electrons. The molecule has 3 rings (SSSR count). The summed E-state index contributed by atoms with van der Waals surface area (Å²) in [6, 6.07) is 11.0. The summed E-state index contributed by atoms with van der Waals surface area (Å²) in [5.74, 6) is -0.0531. The smallest absolute Gasteiger partial charge is 0.254 e. The summed E-state index contributed by atoms with van der Waals surface area (Å²) >= 11 is 0. The lowest BCUT2D eigenvalue weighted by atomic mass is 10.1. The van der Waals surface area contributed by atoms with Gasteiger partial charge in [-0.3, -0.25) is 14.4 Å². The molecule has 0 N–H and O–H groups in total. The van der Waals surface area contributed by atoms with Gasteiger partial charge in [-0.25, -0.2) is 0 Å². The number of amides is 2. The third kappa shape index (κ3) is 4.50. The van der Waals surface area contributed by atoms with E-state index in [1.807, 2.05) is 43.0 Å². The van der Waals surface area contributed by atoms with Crippen LogP contribution in [0.3, 0.4) is 0 Å². The van der Waals surface area contributed by atoms with Gasteiger partial charge in [0.05, 0.1) is 6.42 Å². The molecule has 1 fully saturated rings. The Morgan fingerprint density at radius 2 is 1.71 bits per heavy atom. The molecule has 2 amide bonds. The van der Waals surface area contributed by atoms with Crippen LogP contribution in [0.5, 0.6) is 0 Å². The summed E-state index contributed by atoms with van der Waals surface area (Å²) in [6.07, 6.45) is 2.78. The van der Waals surface area contributed by atoms with Crippen LogP contribution >= 0.6 is 0 Å². The van der Waals surface area contributed by atoms with E-state index in [-0.39, 0.29) is 17.4 Å². The SMILES string of the molecule is CCn1ccc(C(=O)N2CCCN(C(=O)Cc3ccccc3C)CC2)cc1=O. The quantitative estimate of drug-likeness (QED) is 0.815. The summed E-state index contributed by atoms with van der Waals surface area (Å²) in [4.78, 5) is 41.1. The molecule has 1 aromatic carbocycles. The second-order valence-corrected chi connectivity index (χ2v) is 7.17. The number of pyridine rings is 1. The Balaban J connectivity index is 1.63. The first-order valence-electron chi connectivity index (χ1n) is 9.81. The maximum absolute atomic E-state index is 12.8. The van der Waals surface area contributed by atoms with Crippen molar-refractivity contribution in [3.63, 3.8) is 0 Å². The third-order valence-corrected chi connectivity index (χ3v) is 5.32. The molecule has 148 valence electrons. The molecule has 0 atom stereocenters. The van der Waals surface area contributed by atoms with Gasteiger partial charge in [0.15, 0.2) is 0 Å². The monoisotopic (exact) mass is 381 g/mol. The van der Waals surface area contributed by atoms with Crippen LogP contribution in [0.1, 0.15) is 34.8 Å². The fraction of sp³-hybridized carbons (Fsp3) is 0.409. The van der Waals surface area contributed by atoms with E-state index in [4.69, 9.17) is 0 Å². The highest BCUT2D eigenvalue weighted by atomic mass is 16.2. The molecule has 1 aliphatic heterocycles. The molecule has 0 aliphatic carbocycles. The molecule has 0 spiro atoms. The third-order valence-electron chi connectivity index (χ3n) is 5.32. The second kappa shape index (κ2) is 8.87. The van der Waals surface area contributed by atoms with Crippen molar-refractivity contribution in [2.45, 2.75) is 33.2 Å². The molecule has 1 aromatic heterocycles. The minimum absolute atomic E-state index is 0.0918. The Morgan fingerprint density at radius 1 is 1.00 bits per heavy atom. The molecular formula is C22H27N3O3. The second-order valence-electron chi connectivity index (χ2n) is 7.17. The molecule has 1 aliphatic rings. The van der Waals surface area contributed by atoms with Gasteiger partial charge in [0.1, 0.15) is 0 Å². The minimum atomic E-state index is -0.168. The van der Waals surface area contributed by atoms with Crippen LogP contribution in [-0.4, -0.2) is 52.4 Å². The predicted octanol–water partition coefficient (Wildman–Crippen LogP) is 2.09. The highest BCUT2D eigenvalue weighted by molar-refractivity contribution is 5.94. The van der Waals surface area contributed by atoms with Gasteiger partial charge in [-0.05, 0) is 37.5 Å². The highest BCUT2D eigenvalue weighted by Gasteiger charge is 2.23. The maximum atomic E-state index is 12.8. The summed E-state index contributed by atoms with van der Waals surface area (Å²) in [6.45, 7) is 6.71. The van der Waals surface area contributed by atoms with Gasteiger partial charge in [-0.2, -0.15) is 0 Å². The molecule has 28 heavy (non-hydrogen) atoms. The number of aromatic nitrogens is 1. The van der Waals surface area contributed by atoms with Crippen molar-refractivity contribution in [2.75, 3.05) is 26.2 Å². The first kappa shape index (κ1) is 19.9. The van der Waals surface area contributed by atoms with Gasteiger partial charge in [0.25, 0.3) is 11.5 Å². The Kier molecular flexibility index (Phi) is 6.29. The van der Waals surface area contributed by atoms with Crippen LogP contribution in [0.4, 0.5) is 0 Å². The van der Waals surface area contributed by atoms with Crippen LogP contribution < -0.4 is 5.56 Å². The van der Waals surface area contributed by atoms with E-state index in [0.29, 0.717) is 44.7 Å². The van der Waals surface area contributed by atoms with Crippen molar-refractivity contribution in [3.05, 3.63) is 69.6 Å². The Labute approximate surface area is 165 Å². The standard InChI is InChI=1S/C22H27N3O3/c1-3-23-12-9-19(16-20(23)26)22(28)25-11-6-10-24(13-14-25)21(27)15-18-8-5-4-7-17(18)2/h4-5,7-9,12,16H,3,6,10-11,13-15H2,1-2H3. The van der Waals surface area contributed by atoms with E-state index in [0.717, 1.165) is 17.5 Å². The molecule has 6 nitrogen and oxygen atoms in total. The van der Waals surface area contributed by atoms with Crippen molar-refractivity contribution in [1.29, 1.82) is 0 Å². The fourth-order valence-corrected chi connectivity index (χ4v) is 3.54. The Bertz CT molecular complexity index is 919.